The van der Waals surface area contributed by atoms with E-state index >= 15 is 0 Å². The van der Waals surface area contributed by atoms with E-state index in [0.29, 0.717) is 0 Å². The SMILES string of the molecule is C.CC.CC.CC(C)C1CCNCC1.CC(C)N1CCCC1. The summed E-state index contributed by atoms with van der Waals surface area (Å²) in [7, 11) is 0. The van der Waals surface area contributed by atoms with E-state index in [-0.39, 0.29) is 7.43 Å². The first kappa shape index (κ1) is 26.8. The summed E-state index contributed by atoms with van der Waals surface area (Å²) in [6.45, 7) is 22.3. The summed E-state index contributed by atoms with van der Waals surface area (Å²) in [5.74, 6) is 1.89. The second kappa shape index (κ2) is 19.0. The molecule has 0 aromatic rings. The number of hydrogen-bond acceptors (Lipinski definition) is 2. The van der Waals surface area contributed by atoms with Gasteiger partial charge in [-0.3, -0.25) is 0 Å². The molecule has 2 aliphatic heterocycles. The maximum Gasteiger partial charge on any atom is 0.00385 e. The van der Waals surface area contributed by atoms with E-state index in [1.165, 1.54) is 51.9 Å². The van der Waals surface area contributed by atoms with E-state index in [0.717, 1.165) is 17.9 Å². The molecule has 2 rings (SSSR count). The molecule has 0 saturated carbocycles. The molecule has 22 heavy (non-hydrogen) atoms. The van der Waals surface area contributed by atoms with Gasteiger partial charge in [-0.2, -0.15) is 0 Å². The van der Waals surface area contributed by atoms with Crippen LogP contribution in [0.5, 0.6) is 0 Å². The average Bonchev–Trinajstić information content (AvgIpc) is 3.07. The molecule has 0 amide bonds. The van der Waals surface area contributed by atoms with Crippen molar-refractivity contribution in [3.63, 3.8) is 0 Å². The van der Waals surface area contributed by atoms with Gasteiger partial charge in [-0.05, 0) is 77.5 Å². The van der Waals surface area contributed by atoms with Crippen LogP contribution < -0.4 is 5.32 Å². The van der Waals surface area contributed by atoms with Gasteiger partial charge in [-0.1, -0.05) is 49.0 Å². The van der Waals surface area contributed by atoms with Crippen LogP contribution in [0.3, 0.4) is 0 Å². The van der Waals surface area contributed by atoms with Crippen LogP contribution >= 0.6 is 0 Å². The van der Waals surface area contributed by atoms with Gasteiger partial charge in [-0.25, -0.2) is 0 Å². The first-order chi connectivity index (χ1) is 10.1. The Morgan fingerprint density at radius 3 is 1.45 bits per heavy atom. The van der Waals surface area contributed by atoms with E-state index in [1.54, 1.807) is 0 Å². The third-order valence-corrected chi connectivity index (χ3v) is 4.20. The van der Waals surface area contributed by atoms with Crippen LogP contribution in [0.4, 0.5) is 0 Å². The smallest absolute Gasteiger partial charge is 0.00385 e. The molecule has 2 heterocycles. The van der Waals surface area contributed by atoms with Crippen molar-refractivity contribution in [1.29, 1.82) is 0 Å². The zero-order valence-corrected chi connectivity index (χ0v) is 16.3. The Bertz CT molecular complexity index is 178. The molecule has 0 aromatic heterocycles. The maximum absolute atomic E-state index is 3.37. The lowest BCUT2D eigenvalue weighted by Crippen LogP contribution is -2.29. The molecule has 2 nitrogen and oxygen atoms in total. The molecular weight excluding hydrogens is 268 g/mol. The van der Waals surface area contributed by atoms with Gasteiger partial charge in [0.25, 0.3) is 0 Å². The summed E-state index contributed by atoms with van der Waals surface area (Å²) < 4.78 is 0. The predicted molar refractivity (Wildman–Crippen MR) is 106 cm³/mol. The molecule has 0 aliphatic carbocycles. The molecule has 0 atom stereocenters. The van der Waals surface area contributed by atoms with Crippen LogP contribution in [0.25, 0.3) is 0 Å². The number of likely N-dealkylation sites (tertiary alicyclic amines) is 1. The molecule has 1 N–H and O–H groups in total. The van der Waals surface area contributed by atoms with Crippen LogP contribution in [0, 0.1) is 11.8 Å². The minimum absolute atomic E-state index is 0. The fourth-order valence-electron chi connectivity index (χ4n) is 2.77. The van der Waals surface area contributed by atoms with Crippen molar-refractivity contribution in [2.24, 2.45) is 11.8 Å². The zero-order valence-electron chi connectivity index (χ0n) is 16.3. The zero-order chi connectivity index (χ0) is 16.7. The van der Waals surface area contributed by atoms with Crippen LogP contribution in [0.15, 0.2) is 0 Å². The Labute approximate surface area is 143 Å². The lowest BCUT2D eigenvalue weighted by Gasteiger charge is -2.25. The normalized spacial score (nSPS) is 18.3. The predicted octanol–water partition coefficient (Wildman–Crippen LogP) is 5.82. The van der Waals surface area contributed by atoms with E-state index in [9.17, 15) is 0 Å². The number of piperidine rings is 1. The molecule has 2 heteroatoms. The van der Waals surface area contributed by atoms with Crippen molar-refractivity contribution in [2.45, 2.75) is 94.5 Å². The topological polar surface area (TPSA) is 15.3 Å². The quantitative estimate of drug-likeness (QED) is 0.690. The third kappa shape index (κ3) is 13.6. The van der Waals surface area contributed by atoms with Gasteiger partial charge < -0.3 is 10.2 Å². The summed E-state index contributed by atoms with van der Waals surface area (Å²) in [4.78, 5) is 2.53. The molecule has 138 valence electrons. The second-order valence-corrected chi connectivity index (χ2v) is 6.17. The fraction of sp³-hybridized carbons (Fsp3) is 1.00. The molecule has 2 aliphatic rings. The highest BCUT2D eigenvalue weighted by atomic mass is 15.2. The van der Waals surface area contributed by atoms with Crippen molar-refractivity contribution in [3.8, 4) is 0 Å². The summed E-state index contributed by atoms with van der Waals surface area (Å²) in [6, 6.07) is 0.775. The molecular formula is C20H48N2. The van der Waals surface area contributed by atoms with Crippen LogP contribution in [0.2, 0.25) is 0 Å². The minimum Gasteiger partial charge on any atom is -0.317 e. The molecule has 0 bridgehead atoms. The summed E-state index contributed by atoms with van der Waals surface area (Å²) in [6.07, 6.45) is 5.60. The van der Waals surface area contributed by atoms with E-state index in [4.69, 9.17) is 0 Å². The van der Waals surface area contributed by atoms with Crippen molar-refractivity contribution < 1.29 is 0 Å². The van der Waals surface area contributed by atoms with Crippen molar-refractivity contribution >= 4 is 0 Å². The lowest BCUT2D eigenvalue weighted by atomic mass is 9.87. The number of nitrogens with one attached hydrogen (secondary N) is 1. The van der Waals surface area contributed by atoms with Crippen molar-refractivity contribution in [1.82, 2.24) is 10.2 Å². The van der Waals surface area contributed by atoms with Gasteiger partial charge in [-0.15, -0.1) is 0 Å². The van der Waals surface area contributed by atoms with Gasteiger partial charge in [0, 0.05) is 6.04 Å². The molecule has 0 spiro atoms. The third-order valence-electron chi connectivity index (χ3n) is 4.20. The number of rotatable bonds is 2. The summed E-state index contributed by atoms with van der Waals surface area (Å²) >= 11 is 0. The molecule has 2 saturated heterocycles. The second-order valence-electron chi connectivity index (χ2n) is 6.17. The standard InChI is InChI=1S/C8H17N.C7H15N.2C2H6.CH4/c1-7(2)8-3-5-9-6-4-8;1-7(2)8-5-3-4-6-8;2*1-2;/h7-9H,3-6H2,1-2H3;7H,3-6H2,1-2H3;2*1-2H3;1H4. The van der Waals surface area contributed by atoms with Gasteiger partial charge in [0.15, 0.2) is 0 Å². The van der Waals surface area contributed by atoms with E-state index in [2.05, 4.69) is 37.9 Å². The van der Waals surface area contributed by atoms with Gasteiger partial charge in [0.2, 0.25) is 0 Å². The van der Waals surface area contributed by atoms with Crippen LogP contribution in [-0.2, 0) is 0 Å². The van der Waals surface area contributed by atoms with Gasteiger partial charge in [0.1, 0.15) is 0 Å². The fourth-order valence-corrected chi connectivity index (χ4v) is 2.77. The van der Waals surface area contributed by atoms with Gasteiger partial charge >= 0.3 is 0 Å². The van der Waals surface area contributed by atoms with Crippen molar-refractivity contribution in [2.75, 3.05) is 26.2 Å². The van der Waals surface area contributed by atoms with Gasteiger partial charge in [0.05, 0.1) is 0 Å². The minimum atomic E-state index is 0. The monoisotopic (exact) mass is 316 g/mol. The molecule has 0 radical (unpaired) electrons. The first-order valence-electron chi connectivity index (χ1n) is 9.56. The summed E-state index contributed by atoms with van der Waals surface area (Å²) in [5, 5.41) is 3.37. The number of nitrogens with zero attached hydrogens (tertiary/aromatic N) is 1. The average molecular weight is 317 g/mol. The van der Waals surface area contributed by atoms with E-state index < -0.39 is 0 Å². The molecule has 0 unspecified atom stereocenters. The highest BCUT2D eigenvalue weighted by molar-refractivity contribution is 4.70. The highest BCUT2D eigenvalue weighted by Gasteiger charge is 2.15. The maximum atomic E-state index is 3.37. The van der Waals surface area contributed by atoms with Crippen LogP contribution in [0.1, 0.15) is 88.5 Å². The lowest BCUT2D eigenvalue weighted by molar-refractivity contribution is 0.276. The Kier molecular flexibility index (Phi) is 23.1. The summed E-state index contributed by atoms with van der Waals surface area (Å²) in [5.41, 5.74) is 0. The Morgan fingerprint density at radius 2 is 1.23 bits per heavy atom. The highest BCUT2D eigenvalue weighted by Crippen LogP contribution is 2.20. The van der Waals surface area contributed by atoms with E-state index in [1.807, 2.05) is 27.7 Å². The Morgan fingerprint density at radius 1 is 0.818 bits per heavy atom. The largest absolute Gasteiger partial charge is 0.317 e. The first-order valence-corrected chi connectivity index (χ1v) is 9.56. The Hall–Kier alpha value is -0.0800. The molecule has 0 aromatic carbocycles. The van der Waals surface area contributed by atoms with Crippen molar-refractivity contribution in [3.05, 3.63) is 0 Å². The Balaban J connectivity index is -0.000000259. The number of hydrogen-bond donors (Lipinski definition) is 1. The molecule has 2 fully saturated rings. The van der Waals surface area contributed by atoms with Crippen LogP contribution in [-0.4, -0.2) is 37.1 Å².